The molecule has 0 aliphatic heterocycles. The molecule has 0 aromatic rings. The largest absolute Gasteiger partial charge is 0.481 e. The molecule has 1 fully saturated rings. The maximum Gasteiger partial charge on any atom is 0.304 e. The SMILES string of the molecule is CC(CC(=O)O)NC1(C)CCC1. The van der Waals surface area contributed by atoms with E-state index in [9.17, 15) is 4.79 Å². The molecule has 1 aliphatic carbocycles. The lowest BCUT2D eigenvalue weighted by Gasteiger charge is -2.41. The maximum absolute atomic E-state index is 10.4. The molecule has 0 aromatic heterocycles. The number of nitrogens with one attached hydrogen (secondary N) is 1. The minimum Gasteiger partial charge on any atom is -0.481 e. The molecule has 1 unspecified atom stereocenters. The van der Waals surface area contributed by atoms with E-state index in [-0.39, 0.29) is 18.0 Å². The van der Waals surface area contributed by atoms with Crippen LogP contribution in [0.25, 0.3) is 0 Å². The summed E-state index contributed by atoms with van der Waals surface area (Å²) in [6.07, 6.45) is 3.84. The van der Waals surface area contributed by atoms with Crippen molar-refractivity contribution in [1.82, 2.24) is 5.32 Å². The average Bonchev–Trinajstić information content (AvgIpc) is 1.81. The van der Waals surface area contributed by atoms with Crippen molar-refractivity contribution in [1.29, 1.82) is 0 Å². The summed E-state index contributed by atoms with van der Waals surface area (Å²) in [4.78, 5) is 10.4. The van der Waals surface area contributed by atoms with E-state index >= 15 is 0 Å². The van der Waals surface area contributed by atoms with Crippen LogP contribution in [0.5, 0.6) is 0 Å². The van der Waals surface area contributed by atoms with E-state index in [2.05, 4.69) is 12.2 Å². The zero-order valence-corrected chi connectivity index (χ0v) is 7.76. The second-order valence-electron chi connectivity index (χ2n) is 4.06. The summed E-state index contributed by atoms with van der Waals surface area (Å²) in [5.41, 5.74) is 0.217. The Balaban J connectivity index is 2.25. The molecule has 1 atom stereocenters. The summed E-state index contributed by atoms with van der Waals surface area (Å²) in [5.74, 6) is -0.724. The van der Waals surface area contributed by atoms with E-state index in [1.54, 1.807) is 0 Å². The van der Waals surface area contributed by atoms with Gasteiger partial charge < -0.3 is 10.4 Å². The highest BCUT2D eigenvalue weighted by Gasteiger charge is 2.32. The highest BCUT2D eigenvalue weighted by molar-refractivity contribution is 5.67. The fourth-order valence-electron chi connectivity index (χ4n) is 1.76. The molecule has 0 aromatic carbocycles. The number of hydrogen-bond donors (Lipinski definition) is 2. The molecule has 70 valence electrons. The normalized spacial score (nSPS) is 22.8. The first-order valence-corrected chi connectivity index (χ1v) is 4.51. The standard InChI is InChI=1S/C9H17NO2/c1-7(6-8(11)12)10-9(2)4-3-5-9/h7,10H,3-6H2,1-2H3,(H,11,12). The van der Waals surface area contributed by atoms with Crippen LogP contribution in [0.1, 0.15) is 39.5 Å². The zero-order chi connectivity index (χ0) is 9.19. The van der Waals surface area contributed by atoms with Crippen molar-refractivity contribution in [2.45, 2.75) is 51.1 Å². The van der Waals surface area contributed by atoms with Crippen LogP contribution >= 0.6 is 0 Å². The molecule has 2 N–H and O–H groups in total. The van der Waals surface area contributed by atoms with Crippen LogP contribution in [-0.4, -0.2) is 22.7 Å². The summed E-state index contributed by atoms with van der Waals surface area (Å²) in [5, 5.41) is 11.9. The Kier molecular flexibility index (Phi) is 2.73. The minimum absolute atomic E-state index is 0.0906. The molecule has 0 radical (unpaired) electrons. The van der Waals surface area contributed by atoms with Gasteiger partial charge >= 0.3 is 5.97 Å². The van der Waals surface area contributed by atoms with Crippen LogP contribution in [0.3, 0.4) is 0 Å². The second kappa shape index (κ2) is 3.44. The van der Waals surface area contributed by atoms with Crippen molar-refractivity contribution in [3.05, 3.63) is 0 Å². The summed E-state index contributed by atoms with van der Waals surface area (Å²) < 4.78 is 0. The Morgan fingerprint density at radius 1 is 1.67 bits per heavy atom. The number of carbonyl (C=O) groups is 1. The Morgan fingerprint density at radius 3 is 2.58 bits per heavy atom. The van der Waals surface area contributed by atoms with E-state index in [0.29, 0.717) is 0 Å². The highest BCUT2D eigenvalue weighted by atomic mass is 16.4. The van der Waals surface area contributed by atoms with E-state index in [0.717, 1.165) is 0 Å². The molecule has 0 amide bonds. The molecule has 3 nitrogen and oxygen atoms in total. The van der Waals surface area contributed by atoms with Gasteiger partial charge in [-0.25, -0.2) is 0 Å². The van der Waals surface area contributed by atoms with Gasteiger partial charge in [0.05, 0.1) is 6.42 Å². The number of rotatable bonds is 4. The second-order valence-corrected chi connectivity index (χ2v) is 4.06. The number of carboxylic acids is 1. The third-order valence-corrected chi connectivity index (χ3v) is 2.53. The van der Waals surface area contributed by atoms with E-state index in [4.69, 9.17) is 5.11 Å². The Hall–Kier alpha value is -0.570. The molecule has 0 spiro atoms. The van der Waals surface area contributed by atoms with Gasteiger partial charge in [0.1, 0.15) is 0 Å². The summed E-state index contributed by atoms with van der Waals surface area (Å²) in [6.45, 7) is 4.09. The molecular formula is C9H17NO2. The highest BCUT2D eigenvalue weighted by Crippen LogP contribution is 2.31. The van der Waals surface area contributed by atoms with E-state index < -0.39 is 5.97 Å². The molecule has 0 bridgehead atoms. The first-order valence-electron chi connectivity index (χ1n) is 4.51. The van der Waals surface area contributed by atoms with Gasteiger partial charge in [-0.05, 0) is 33.1 Å². The Bertz CT molecular complexity index is 175. The van der Waals surface area contributed by atoms with E-state index in [1.807, 2.05) is 6.92 Å². The number of carboxylic acid groups (broad SMARTS) is 1. The van der Waals surface area contributed by atoms with Crippen molar-refractivity contribution < 1.29 is 9.90 Å². The summed E-state index contributed by atoms with van der Waals surface area (Å²) >= 11 is 0. The van der Waals surface area contributed by atoms with Crippen LogP contribution in [0.15, 0.2) is 0 Å². The smallest absolute Gasteiger partial charge is 0.304 e. The average molecular weight is 171 g/mol. The molecule has 1 rings (SSSR count). The van der Waals surface area contributed by atoms with Crippen LogP contribution in [0, 0.1) is 0 Å². The fraction of sp³-hybridized carbons (Fsp3) is 0.889. The van der Waals surface area contributed by atoms with Gasteiger partial charge in [-0.1, -0.05) is 0 Å². The predicted molar refractivity (Wildman–Crippen MR) is 47.1 cm³/mol. The maximum atomic E-state index is 10.4. The Morgan fingerprint density at radius 2 is 2.25 bits per heavy atom. The monoisotopic (exact) mass is 171 g/mol. The lowest BCUT2D eigenvalue weighted by atomic mass is 9.78. The van der Waals surface area contributed by atoms with Gasteiger partial charge in [-0.2, -0.15) is 0 Å². The molecular weight excluding hydrogens is 154 g/mol. The van der Waals surface area contributed by atoms with Crippen LogP contribution in [0.2, 0.25) is 0 Å². The zero-order valence-electron chi connectivity index (χ0n) is 7.76. The minimum atomic E-state index is -0.724. The van der Waals surface area contributed by atoms with Crippen LogP contribution in [-0.2, 0) is 4.79 Å². The molecule has 1 aliphatic rings. The van der Waals surface area contributed by atoms with Crippen molar-refractivity contribution in [2.24, 2.45) is 0 Å². The van der Waals surface area contributed by atoms with E-state index in [1.165, 1.54) is 19.3 Å². The molecule has 0 heterocycles. The fourth-order valence-corrected chi connectivity index (χ4v) is 1.76. The molecule has 3 heteroatoms. The number of aliphatic carboxylic acids is 1. The summed E-state index contributed by atoms with van der Waals surface area (Å²) in [6, 6.07) is 0.0906. The third-order valence-electron chi connectivity index (χ3n) is 2.53. The van der Waals surface area contributed by atoms with Crippen molar-refractivity contribution in [3.63, 3.8) is 0 Å². The predicted octanol–water partition coefficient (Wildman–Crippen LogP) is 1.38. The molecule has 12 heavy (non-hydrogen) atoms. The third kappa shape index (κ3) is 2.48. The topological polar surface area (TPSA) is 49.3 Å². The van der Waals surface area contributed by atoms with Gasteiger partial charge in [0.15, 0.2) is 0 Å². The van der Waals surface area contributed by atoms with Gasteiger partial charge in [-0.3, -0.25) is 4.79 Å². The van der Waals surface area contributed by atoms with Crippen molar-refractivity contribution in [3.8, 4) is 0 Å². The van der Waals surface area contributed by atoms with Gasteiger partial charge in [0, 0.05) is 11.6 Å². The first kappa shape index (κ1) is 9.52. The lowest BCUT2D eigenvalue weighted by Crippen LogP contribution is -2.52. The van der Waals surface area contributed by atoms with Crippen molar-refractivity contribution >= 4 is 5.97 Å². The number of hydrogen-bond acceptors (Lipinski definition) is 2. The van der Waals surface area contributed by atoms with Gasteiger partial charge in [0.2, 0.25) is 0 Å². The summed E-state index contributed by atoms with van der Waals surface area (Å²) in [7, 11) is 0. The first-order chi connectivity index (χ1) is 5.52. The lowest BCUT2D eigenvalue weighted by molar-refractivity contribution is -0.137. The Labute approximate surface area is 73.2 Å². The van der Waals surface area contributed by atoms with Crippen molar-refractivity contribution in [2.75, 3.05) is 0 Å². The van der Waals surface area contributed by atoms with Crippen LogP contribution in [0.4, 0.5) is 0 Å². The van der Waals surface area contributed by atoms with Gasteiger partial charge in [-0.15, -0.1) is 0 Å². The molecule has 1 saturated carbocycles. The molecule has 0 saturated heterocycles. The quantitative estimate of drug-likeness (QED) is 0.672. The van der Waals surface area contributed by atoms with Crippen LogP contribution < -0.4 is 5.32 Å². The van der Waals surface area contributed by atoms with Gasteiger partial charge in [0.25, 0.3) is 0 Å².